The fourth-order valence-electron chi connectivity index (χ4n) is 3.54. The van der Waals surface area contributed by atoms with Crippen LogP contribution >= 0.6 is 0 Å². The first kappa shape index (κ1) is 22.8. The summed E-state index contributed by atoms with van der Waals surface area (Å²) in [6, 6.07) is 9.12. The molecule has 8 nitrogen and oxygen atoms in total. The van der Waals surface area contributed by atoms with E-state index >= 15 is 0 Å². The summed E-state index contributed by atoms with van der Waals surface area (Å²) in [6.07, 6.45) is 1.74. The molecule has 10 heteroatoms. The van der Waals surface area contributed by atoms with E-state index in [1.807, 2.05) is 0 Å². The molecule has 2 amide bonds. The van der Waals surface area contributed by atoms with E-state index in [0.717, 1.165) is 6.20 Å². The van der Waals surface area contributed by atoms with Gasteiger partial charge in [-0.2, -0.15) is 0 Å². The molecular weight excluding hydrogens is 423 g/mol. The summed E-state index contributed by atoms with van der Waals surface area (Å²) in [4.78, 5) is 33.5. The third-order valence-electron chi connectivity index (χ3n) is 5.31. The van der Waals surface area contributed by atoms with Crippen LogP contribution < -0.4 is 4.72 Å². The summed E-state index contributed by atoms with van der Waals surface area (Å²) in [7, 11) is 0. The summed E-state index contributed by atoms with van der Waals surface area (Å²) in [5.41, 5.74) is 0.475. The van der Waals surface area contributed by atoms with Crippen LogP contribution in [0.3, 0.4) is 0 Å². The molecule has 1 fully saturated rings. The van der Waals surface area contributed by atoms with Gasteiger partial charge >= 0.3 is 0 Å². The Kier molecular flexibility index (Phi) is 7.01. The van der Waals surface area contributed by atoms with Crippen molar-refractivity contribution in [1.29, 1.82) is 0 Å². The van der Waals surface area contributed by atoms with Crippen molar-refractivity contribution in [3.8, 4) is 0 Å². The largest absolute Gasteiger partial charge is 0.340 e. The number of carbonyl (C=O) groups is 2. The maximum Gasteiger partial charge on any atom is 0.259 e. The highest BCUT2D eigenvalue weighted by Gasteiger charge is 2.36. The third kappa shape index (κ3) is 5.45. The molecule has 2 aromatic rings. The second-order valence-electron chi connectivity index (χ2n) is 7.85. The van der Waals surface area contributed by atoms with E-state index in [1.54, 1.807) is 47.9 Å². The average molecular weight is 449 g/mol. The van der Waals surface area contributed by atoms with E-state index in [1.165, 1.54) is 12.1 Å². The number of amides is 2. The normalized spacial score (nSPS) is 15.9. The molecule has 1 aromatic heterocycles. The SMILES string of the molecule is CC(C)(C(=O)N1CCCN(C(=O)c2ccc(NS(=O)O)cc2)CC1)c1ccc(F)cn1. The molecule has 0 saturated carbocycles. The molecule has 2 heterocycles. The van der Waals surface area contributed by atoms with Crippen LogP contribution in [-0.2, 0) is 21.5 Å². The zero-order chi connectivity index (χ0) is 22.6. The van der Waals surface area contributed by atoms with E-state index in [2.05, 4.69) is 9.71 Å². The first-order chi connectivity index (χ1) is 14.7. The zero-order valence-electron chi connectivity index (χ0n) is 17.4. The van der Waals surface area contributed by atoms with Crippen LogP contribution in [0.25, 0.3) is 0 Å². The monoisotopic (exact) mass is 448 g/mol. The highest BCUT2D eigenvalue weighted by Crippen LogP contribution is 2.25. The van der Waals surface area contributed by atoms with Crippen molar-refractivity contribution in [2.24, 2.45) is 0 Å². The summed E-state index contributed by atoms with van der Waals surface area (Å²) in [5, 5.41) is 0. The summed E-state index contributed by atoms with van der Waals surface area (Å²) in [6.45, 7) is 5.32. The number of aromatic nitrogens is 1. The van der Waals surface area contributed by atoms with Crippen LogP contribution in [-0.4, -0.2) is 61.5 Å². The van der Waals surface area contributed by atoms with Crippen molar-refractivity contribution in [1.82, 2.24) is 14.8 Å². The van der Waals surface area contributed by atoms with Crippen LogP contribution in [0.5, 0.6) is 0 Å². The highest BCUT2D eigenvalue weighted by atomic mass is 32.2. The average Bonchev–Trinajstić information content (AvgIpc) is 2.99. The van der Waals surface area contributed by atoms with Crippen molar-refractivity contribution in [3.05, 3.63) is 59.7 Å². The van der Waals surface area contributed by atoms with Crippen molar-refractivity contribution in [2.75, 3.05) is 30.9 Å². The molecule has 1 unspecified atom stereocenters. The van der Waals surface area contributed by atoms with Gasteiger partial charge in [0, 0.05) is 37.4 Å². The molecule has 0 spiro atoms. The van der Waals surface area contributed by atoms with E-state index in [9.17, 15) is 18.2 Å². The van der Waals surface area contributed by atoms with Gasteiger partial charge in [-0.25, -0.2) is 8.60 Å². The Balaban J connectivity index is 1.65. The molecule has 0 bridgehead atoms. The molecule has 2 N–H and O–H groups in total. The maximum absolute atomic E-state index is 13.2. The van der Waals surface area contributed by atoms with Gasteiger partial charge in [0.15, 0.2) is 0 Å². The van der Waals surface area contributed by atoms with E-state index in [-0.39, 0.29) is 11.8 Å². The molecular formula is C21H25FN4O4S. The number of rotatable bonds is 5. The molecule has 1 aliphatic rings. The van der Waals surface area contributed by atoms with Crippen molar-refractivity contribution in [3.63, 3.8) is 0 Å². The van der Waals surface area contributed by atoms with Crippen LogP contribution in [0, 0.1) is 5.82 Å². The minimum Gasteiger partial charge on any atom is -0.340 e. The predicted molar refractivity (Wildman–Crippen MR) is 115 cm³/mol. The number of hydrogen-bond acceptors (Lipinski definition) is 4. The Labute approximate surface area is 182 Å². The topological polar surface area (TPSA) is 103 Å². The Morgan fingerprint density at radius 1 is 1.06 bits per heavy atom. The number of anilines is 1. The molecule has 1 aliphatic heterocycles. The number of carbonyl (C=O) groups excluding carboxylic acids is 2. The van der Waals surface area contributed by atoms with E-state index < -0.39 is 22.5 Å². The summed E-state index contributed by atoms with van der Waals surface area (Å²) < 4.78 is 35.2. The van der Waals surface area contributed by atoms with Crippen LogP contribution in [0.4, 0.5) is 10.1 Å². The lowest BCUT2D eigenvalue weighted by Crippen LogP contribution is -2.45. The van der Waals surface area contributed by atoms with Gasteiger partial charge in [0.25, 0.3) is 17.2 Å². The highest BCUT2D eigenvalue weighted by molar-refractivity contribution is 7.80. The van der Waals surface area contributed by atoms with Crippen LogP contribution in [0.2, 0.25) is 0 Å². The number of halogens is 1. The van der Waals surface area contributed by atoms with Gasteiger partial charge in [-0.15, -0.1) is 0 Å². The fraction of sp³-hybridized carbons (Fsp3) is 0.381. The third-order valence-corrected chi connectivity index (χ3v) is 5.72. The molecule has 31 heavy (non-hydrogen) atoms. The van der Waals surface area contributed by atoms with Crippen LogP contribution in [0.15, 0.2) is 42.6 Å². The quantitative estimate of drug-likeness (QED) is 0.684. The lowest BCUT2D eigenvalue weighted by Gasteiger charge is -2.31. The predicted octanol–water partition coefficient (Wildman–Crippen LogP) is 2.42. The standard InChI is InChI=1S/C21H25FN4O4S/c1-21(2,18-9-6-16(22)14-23-18)20(28)26-11-3-10-25(12-13-26)19(27)15-4-7-17(8-5-15)24-31(29)30/h4-9,14,24H,3,10-13H2,1-2H3,(H,29,30). The first-order valence-electron chi connectivity index (χ1n) is 9.87. The van der Waals surface area contributed by atoms with Crippen molar-refractivity contribution < 1.29 is 22.7 Å². The lowest BCUT2D eigenvalue weighted by atomic mass is 9.87. The number of nitrogens with zero attached hydrogens (tertiary/aromatic N) is 3. The number of hydrogen-bond donors (Lipinski definition) is 2. The molecule has 1 aromatic carbocycles. The smallest absolute Gasteiger partial charge is 0.259 e. The lowest BCUT2D eigenvalue weighted by molar-refractivity contribution is -0.136. The van der Waals surface area contributed by atoms with Gasteiger partial charge < -0.3 is 9.80 Å². The molecule has 0 aliphatic carbocycles. The molecule has 1 atom stereocenters. The summed E-state index contributed by atoms with van der Waals surface area (Å²) >= 11 is -2.18. The fourth-order valence-corrected chi connectivity index (χ4v) is 3.88. The Hall–Kier alpha value is -2.85. The number of benzene rings is 1. The van der Waals surface area contributed by atoms with Gasteiger partial charge in [-0.05, 0) is 56.7 Å². The van der Waals surface area contributed by atoms with Gasteiger partial charge in [0.1, 0.15) is 5.82 Å². The zero-order valence-corrected chi connectivity index (χ0v) is 18.2. The van der Waals surface area contributed by atoms with Gasteiger partial charge in [0.2, 0.25) is 5.91 Å². The number of pyridine rings is 1. The Morgan fingerprint density at radius 2 is 1.71 bits per heavy atom. The second-order valence-corrected chi connectivity index (χ2v) is 8.56. The second kappa shape index (κ2) is 9.52. The molecule has 1 saturated heterocycles. The van der Waals surface area contributed by atoms with Crippen molar-refractivity contribution >= 4 is 28.8 Å². The molecule has 166 valence electrons. The summed E-state index contributed by atoms with van der Waals surface area (Å²) in [5.74, 6) is -0.733. The molecule has 0 radical (unpaired) electrons. The van der Waals surface area contributed by atoms with Crippen LogP contribution in [0.1, 0.15) is 36.3 Å². The molecule has 3 rings (SSSR count). The van der Waals surface area contributed by atoms with Gasteiger partial charge in [0.05, 0.1) is 17.3 Å². The number of nitrogens with one attached hydrogen (secondary N) is 1. The minimum absolute atomic E-state index is 0.117. The van der Waals surface area contributed by atoms with Crippen molar-refractivity contribution in [2.45, 2.75) is 25.7 Å². The maximum atomic E-state index is 13.2. The van der Waals surface area contributed by atoms with Gasteiger partial charge in [-0.1, -0.05) is 0 Å². The Bertz CT molecular complexity index is 966. The Morgan fingerprint density at radius 3 is 2.32 bits per heavy atom. The minimum atomic E-state index is -2.18. The van der Waals surface area contributed by atoms with Gasteiger partial charge in [-0.3, -0.25) is 23.8 Å². The van der Waals surface area contributed by atoms with E-state index in [0.29, 0.717) is 49.5 Å². The first-order valence-corrected chi connectivity index (χ1v) is 11.0. The van der Waals surface area contributed by atoms with E-state index in [4.69, 9.17) is 4.55 Å².